The van der Waals surface area contributed by atoms with Crippen LogP contribution in [0, 0.1) is 17.3 Å². The Kier molecular flexibility index (Phi) is 3.63. The molecule has 0 spiro atoms. The molecule has 0 aliphatic heterocycles. The van der Waals surface area contributed by atoms with Gasteiger partial charge in [-0.05, 0) is 49.2 Å². The fourth-order valence-electron chi connectivity index (χ4n) is 3.31. The Morgan fingerprint density at radius 2 is 1.84 bits per heavy atom. The highest BCUT2D eigenvalue weighted by atomic mass is 28.4. The molecule has 110 valence electrons. The Morgan fingerprint density at radius 1 is 1.26 bits per heavy atom. The molecule has 19 heavy (non-hydrogen) atoms. The van der Waals surface area contributed by atoms with Gasteiger partial charge in [0, 0.05) is 6.61 Å². The van der Waals surface area contributed by atoms with Crippen molar-refractivity contribution in [3.63, 3.8) is 0 Å². The number of hydrogen-bond donors (Lipinski definition) is 0. The molecule has 3 aliphatic rings. The van der Waals surface area contributed by atoms with E-state index >= 15 is 0 Å². The monoisotopic (exact) mass is 284 g/mol. The Bertz CT molecular complexity index is 364. The number of fused-ring (bicyclic) bond motifs is 1. The van der Waals surface area contributed by atoms with Crippen LogP contribution in [0.5, 0.6) is 0 Å². The standard InChI is InChI=1S/C15H28O3Si/c1-14(2,3)19(5,6)18-10-12-9-15(13(16)17-4)7-11(12)8-15/h11-12H,7-10H2,1-6H3/t11?,12-,15?/m0/s1. The van der Waals surface area contributed by atoms with Gasteiger partial charge in [0.25, 0.3) is 0 Å². The molecule has 4 heteroatoms. The maximum absolute atomic E-state index is 11.8. The van der Waals surface area contributed by atoms with Crippen LogP contribution in [0.3, 0.4) is 0 Å². The fraction of sp³-hybridized carbons (Fsp3) is 0.933. The van der Waals surface area contributed by atoms with Crippen LogP contribution in [0.25, 0.3) is 0 Å². The van der Waals surface area contributed by atoms with Crippen molar-refractivity contribution in [1.82, 2.24) is 0 Å². The SMILES string of the molecule is COC(=O)C12CC(C1)[C@H](CO[Si](C)(C)C(C)(C)C)C2. The number of rotatable bonds is 4. The molecule has 0 aromatic carbocycles. The van der Waals surface area contributed by atoms with E-state index in [1.807, 2.05) is 0 Å². The van der Waals surface area contributed by atoms with Crippen LogP contribution in [0.4, 0.5) is 0 Å². The van der Waals surface area contributed by atoms with Crippen LogP contribution >= 0.6 is 0 Å². The molecule has 0 amide bonds. The van der Waals surface area contributed by atoms with Crippen LogP contribution < -0.4 is 0 Å². The fourth-order valence-corrected chi connectivity index (χ4v) is 4.37. The molecule has 0 heterocycles. The average molecular weight is 284 g/mol. The van der Waals surface area contributed by atoms with E-state index in [0.29, 0.717) is 11.8 Å². The Balaban J connectivity index is 1.89. The average Bonchev–Trinajstić information content (AvgIpc) is 2.78. The van der Waals surface area contributed by atoms with Crippen molar-refractivity contribution in [2.45, 2.75) is 58.2 Å². The normalized spacial score (nSPS) is 34.0. The van der Waals surface area contributed by atoms with E-state index in [-0.39, 0.29) is 16.4 Å². The summed E-state index contributed by atoms with van der Waals surface area (Å²) in [5.74, 6) is 1.25. The van der Waals surface area contributed by atoms with Gasteiger partial charge in [0.2, 0.25) is 0 Å². The third-order valence-corrected chi connectivity index (χ3v) is 10.2. The molecule has 0 radical (unpaired) electrons. The highest BCUT2D eigenvalue weighted by Crippen LogP contribution is 2.62. The van der Waals surface area contributed by atoms with Gasteiger partial charge >= 0.3 is 5.97 Å². The molecule has 0 unspecified atom stereocenters. The van der Waals surface area contributed by atoms with Crippen molar-refractivity contribution in [3.05, 3.63) is 0 Å². The molecule has 0 saturated heterocycles. The summed E-state index contributed by atoms with van der Waals surface area (Å²) in [6.07, 6.45) is 3.01. The lowest BCUT2D eigenvalue weighted by molar-refractivity contribution is -0.157. The number of ether oxygens (including phenoxy) is 1. The minimum Gasteiger partial charge on any atom is -0.469 e. The zero-order valence-electron chi connectivity index (χ0n) is 13.2. The molecular formula is C15H28O3Si. The van der Waals surface area contributed by atoms with E-state index in [2.05, 4.69) is 33.9 Å². The molecule has 0 N–H and O–H groups in total. The summed E-state index contributed by atoms with van der Waals surface area (Å²) in [5, 5.41) is 0.259. The van der Waals surface area contributed by atoms with Crippen LogP contribution in [-0.4, -0.2) is 28.0 Å². The maximum atomic E-state index is 11.8. The summed E-state index contributed by atoms with van der Waals surface area (Å²) < 4.78 is 11.3. The van der Waals surface area contributed by atoms with Crippen LogP contribution in [0.1, 0.15) is 40.0 Å². The second kappa shape index (κ2) is 4.59. The van der Waals surface area contributed by atoms with Gasteiger partial charge in [0.1, 0.15) is 0 Å². The second-order valence-electron chi connectivity index (χ2n) is 7.98. The second-order valence-corrected chi connectivity index (χ2v) is 12.8. The lowest BCUT2D eigenvalue weighted by Gasteiger charge is -2.38. The van der Waals surface area contributed by atoms with Gasteiger partial charge in [-0.3, -0.25) is 4.79 Å². The number of methoxy groups -OCH3 is 1. The third kappa shape index (κ3) is 2.49. The Hall–Kier alpha value is -0.353. The van der Waals surface area contributed by atoms with Gasteiger partial charge < -0.3 is 9.16 Å². The van der Waals surface area contributed by atoms with Crippen molar-refractivity contribution < 1.29 is 14.0 Å². The number of esters is 1. The van der Waals surface area contributed by atoms with Crippen LogP contribution in [0.15, 0.2) is 0 Å². The van der Waals surface area contributed by atoms with E-state index in [9.17, 15) is 4.79 Å². The van der Waals surface area contributed by atoms with Gasteiger partial charge in [-0.1, -0.05) is 20.8 Å². The highest BCUT2D eigenvalue weighted by Gasteiger charge is 2.61. The van der Waals surface area contributed by atoms with E-state index in [1.54, 1.807) is 0 Å². The van der Waals surface area contributed by atoms with Crippen LogP contribution in [-0.2, 0) is 14.0 Å². The Labute approximate surface area is 118 Å². The largest absolute Gasteiger partial charge is 0.469 e. The predicted octanol–water partition coefficient (Wildman–Crippen LogP) is 3.60. The summed E-state index contributed by atoms with van der Waals surface area (Å²) in [7, 11) is -0.156. The summed E-state index contributed by atoms with van der Waals surface area (Å²) in [5.41, 5.74) is -0.152. The predicted molar refractivity (Wildman–Crippen MR) is 78.4 cm³/mol. The summed E-state index contributed by atoms with van der Waals surface area (Å²) in [6, 6.07) is 0. The van der Waals surface area contributed by atoms with E-state index in [4.69, 9.17) is 9.16 Å². The molecule has 3 rings (SSSR count). The minimum absolute atomic E-state index is 0.00132. The van der Waals surface area contributed by atoms with Crippen molar-refractivity contribution in [3.8, 4) is 0 Å². The van der Waals surface area contributed by atoms with Gasteiger partial charge in [0.15, 0.2) is 8.32 Å². The van der Waals surface area contributed by atoms with Crippen LogP contribution in [0.2, 0.25) is 18.1 Å². The lowest BCUT2D eigenvalue weighted by Crippen LogP contribution is -2.42. The molecule has 0 aromatic heterocycles. The first-order valence-corrected chi connectivity index (χ1v) is 10.2. The molecule has 1 atom stereocenters. The minimum atomic E-state index is -1.66. The Morgan fingerprint density at radius 3 is 2.32 bits per heavy atom. The maximum Gasteiger partial charge on any atom is 0.311 e. The van der Waals surface area contributed by atoms with E-state index in [1.165, 1.54) is 7.11 Å². The first-order valence-electron chi connectivity index (χ1n) is 7.34. The molecule has 3 nitrogen and oxygen atoms in total. The highest BCUT2D eigenvalue weighted by molar-refractivity contribution is 6.74. The summed E-state index contributed by atoms with van der Waals surface area (Å²) in [4.78, 5) is 11.8. The van der Waals surface area contributed by atoms with Gasteiger partial charge in [-0.25, -0.2) is 0 Å². The van der Waals surface area contributed by atoms with Crippen molar-refractivity contribution >= 4 is 14.3 Å². The molecule has 0 aromatic rings. The molecule has 2 bridgehead atoms. The van der Waals surface area contributed by atoms with E-state index in [0.717, 1.165) is 25.9 Å². The molecule has 3 fully saturated rings. The first kappa shape index (κ1) is 15.0. The summed E-state index contributed by atoms with van der Waals surface area (Å²) >= 11 is 0. The lowest BCUT2D eigenvalue weighted by atomic mass is 9.69. The number of hydrogen-bond acceptors (Lipinski definition) is 3. The molecular weight excluding hydrogens is 256 g/mol. The van der Waals surface area contributed by atoms with E-state index < -0.39 is 8.32 Å². The van der Waals surface area contributed by atoms with Crippen molar-refractivity contribution in [2.24, 2.45) is 17.3 Å². The van der Waals surface area contributed by atoms with Gasteiger partial charge in [-0.15, -0.1) is 0 Å². The summed E-state index contributed by atoms with van der Waals surface area (Å²) in [6.45, 7) is 12.2. The molecule has 3 saturated carbocycles. The zero-order valence-corrected chi connectivity index (χ0v) is 14.2. The number of carbonyl (C=O) groups excluding carboxylic acids is 1. The smallest absolute Gasteiger partial charge is 0.311 e. The van der Waals surface area contributed by atoms with Crippen molar-refractivity contribution in [2.75, 3.05) is 13.7 Å². The number of carbonyl (C=O) groups is 1. The zero-order chi connectivity index (χ0) is 14.5. The topological polar surface area (TPSA) is 35.5 Å². The first-order chi connectivity index (χ1) is 8.61. The van der Waals surface area contributed by atoms with Gasteiger partial charge in [-0.2, -0.15) is 0 Å². The third-order valence-electron chi connectivity index (χ3n) is 5.71. The quantitative estimate of drug-likeness (QED) is 0.584. The van der Waals surface area contributed by atoms with Gasteiger partial charge in [0.05, 0.1) is 12.5 Å². The van der Waals surface area contributed by atoms with Crippen molar-refractivity contribution in [1.29, 1.82) is 0 Å². The molecule has 3 aliphatic carbocycles.